The summed E-state index contributed by atoms with van der Waals surface area (Å²) in [5, 5.41) is 8.34. The van der Waals surface area contributed by atoms with Gasteiger partial charge in [-0.15, -0.1) is 0 Å². The molecule has 0 aliphatic heterocycles. The molecule has 0 fully saturated rings. The van der Waals surface area contributed by atoms with E-state index in [1.807, 2.05) is 5.43 Å². The Morgan fingerprint density at radius 2 is 1.82 bits per heavy atom. The van der Waals surface area contributed by atoms with Crippen molar-refractivity contribution >= 4 is 6.09 Å². The third kappa shape index (κ3) is 3.95. The average molecular weight is 248 g/mol. The van der Waals surface area contributed by atoms with Crippen molar-refractivity contribution in [1.82, 2.24) is 10.9 Å². The van der Waals surface area contributed by atoms with E-state index in [0.29, 0.717) is 5.56 Å². The molecule has 0 saturated carbocycles. The lowest BCUT2D eigenvalue weighted by Gasteiger charge is -2.14. The summed E-state index contributed by atoms with van der Waals surface area (Å²) in [4.78, 5) is 10.2. The van der Waals surface area contributed by atoms with Crippen LogP contribution in [0, 0.1) is 0 Å². The topological polar surface area (TPSA) is 61.4 Å². The third-order valence-electron chi connectivity index (χ3n) is 2.13. The minimum Gasteiger partial charge on any atom is -0.464 e. The minimum atomic E-state index is -4.37. The molecule has 1 amide bonds. The second-order valence-electron chi connectivity index (χ2n) is 3.42. The quantitative estimate of drug-likeness (QED) is 0.720. The highest BCUT2D eigenvalue weighted by atomic mass is 19.4. The Labute approximate surface area is 95.4 Å². The van der Waals surface area contributed by atoms with Crippen LogP contribution < -0.4 is 10.9 Å². The van der Waals surface area contributed by atoms with Crippen LogP contribution in [0.1, 0.15) is 24.1 Å². The van der Waals surface area contributed by atoms with Crippen LogP contribution in [-0.4, -0.2) is 11.2 Å². The highest BCUT2D eigenvalue weighted by Crippen LogP contribution is 2.29. The van der Waals surface area contributed by atoms with E-state index in [-0.39, 0.29) is 0 Å². The molecule has 0 spiro atoms. The van der Waals surface area contributed by atoms with E-state index < -0.39 is 23.9 Å². The lowest BCUT2D eigenvalue weighted by Crippen LogP contribution is -2.37. The fourth-order valence-corrected chi connectivity index (χ4v) is 1.21. The summed E-state index contributed by atoms with van der Waals surface area (Å²) in [6, 6.07) is 4.07. The summed E-state index contributed by atoms with van der Waals surface area (Å²) in [7, 11) is 0. The Morgan fingerprint density at radius 1 is 1.29 bits per heavy atom. The number of amides is 1. The van der Waals surface area contributed by atoms with Crippen molar-refractivity contribution in [2.24, 2.45) is 0 Å². The largest absolute Gasteiger partial charge is 0.464 e. The van der Waals surface area contributed by atoms with E-state index >= 15 is 0 Å². The molecular weight excluding hydrogens is 237 g/mol. The highest BCUT2D eigenvalue weighted by molar-refractivity contribution is 5.63. The standard InChI is InChI=1S/C10H11F3N2O2/c1-6(14-15-9(16)17)7-2-4-8(5-3-7)10(11,12)13/h2-6,14-15H,1H3,(H,16,17). The van der Waals surface area contributed by atoms with Crippen molar-refractivity contribution < 1.29 is 23.1 Å². The zero-order valence-electron chi connectivity index (χ0n) is 8.88. The first-order valence-corrected chi connectivity index (χ1v) is 4.72. The lowest BCUT2D eigenvalue weighted by atomic mass is 10.1. The molecule has 0 heterocycles. The van der Waals surface area contributed by atoms with Gasteiger partial charge in [0.1, 0.15) is 0 Å². The Hall–Kier alpha value is -1.76. The van der Waals surface area contributed by atoms with Crippen LogP contribution in [0.2, 0.25) is 0 Å². The molecule has 1 unspecified atom stereocenters. The number of halogens is 3. The van der Waals surface area contributed by atoms with Gasteiger partial charge in [0.15, 0.2) is 0 Å². The summed E-state index contributed by atoms with van der Waals surface area (Å²) < 4.78 is 36.8. The summed E-state index contributed by atoms with van der Waals surface area (Å²) >= 11 is 0. The van der Waals surface area contributed by atoms with Gasteiger partial charge in [-0.2, -0.15) is 13.2 Å². The van der Waals surface area contributed by atoms with Crippen LogP contribution in [0.25, 0.3) is 0 Å². The molecule has 0 aliphatic rings. The van der Waals surface area contributed by atoms with Crippen LogP contribution in [-0.2, 0) is 6.18 Å². The van der Waals surface area contributed by atoms with Crippen LogP contribution in [0.4, 0.5) is 18.0 Å². The Morgan fingerprint density at radius 3 is 2.24 bits per heavy atom. The third-order valence-corrected chi connectivity index (χ3v) is 2.13. The number of carbonyl (C=O) groups is 1. The van der Waals surface area contributed by atoms with Gasteiger partial charge < -0.3 is 5.11 Å². The molecular formula is C10H11F3N2O2. The average Bonchev–Trinajstić information content (AvgIpc) is 2.25. The van der Waals surface area contributed by atoms with Gasteiger partial charge in [-0.1, -0.05) is 12.1 Å². The molecule has 1 atom stereocenters. The van der Waals surface area contributed by atoms with Gasteiger partial charge in [0, 0.05) is 6.04 Å². The van der Waals surface area contributed by atoms with Gasteiger partial charge in [-0.25, -0.2) is 10.2 Å². The Kier molecular flexibility index (Phi) is 3.95. The van der Waals surface area contributed by atoms with Crippen molar-refractivity contribution in [1.29, 1.82) is 0 Å². The summed E-state index contributed by atoms with van der Waals surface area (Å²) in [5.74, 6) is 0. The lowest BCUT2D eigenvalue weighted by molar-refractivity contribution is -0.137. The van der Waals surface area contributed by atoms with Crippen molar-refractivity contribution in [3.05, 3.63) is 35.4 Å². The van der Waals surface area contributed by atoms with Gasteiger partial charge in [0.2, 0.25) is 0 Å². The molecule has 0 radical (unpaired) electrons. The number of hydrogen-bond donors (Lipinski definition) is 3. The Bertz CT molecular complexity index is 390. The first kappa shape index (κ1) is 13.3. The predicted molar refractivity (Wildman–Crippen MR) is 54.2 cm³/mol. The molecule has 7 heteroatoms. The maximum atomic E-state index is 12.3. The van der Waals surface area contributed by atoms with Gasteiger partial charge in [-0.3, -0.25) is 5.43 Å². The van der Waals surface area contributed by atoms with Gasteiger partial charge in [-0.05, 0) is 24.6 Å². The van der Waals surface area contributed by atoms with Gasteiger partial charge >= 0.3 is 12.3 Å². The smallest absolute Gasteiger partial charge is 0.419 e. The molecule has 1 aromatic carbocycles. The zero-order valence-corrected chi connectivity index (χ0v) is 8.88. The molecule has 0 aliphatic carbocycles. The van der Waals surface area contributed by atoms with E-state index in [1.165, 1.54) is 12.1 Å². The van der Waals surface area contributed by atoms with Crippen LogP contribution in [0.5, 0.6) is 0 Å². The molecule has 3 N–H and O–H groups in total. The molecule has 0 bridgehead atoms. The molecule has 4 nitrogen and oxygen atoms in total. The molecule has 0 aromatic heterocycles. The molecule has 1 rings (SSSR count). The summed E-state index contributed by atoms with van der Waals surface area (Å²) in [6.07, 6.45) is -5.63. The maximum absolute atomic E-state index is 12.3. The number of alkyl halides is 3. The first-order valence-electron chi connectivity index (χ1n) is 4.72. The summed E-state index contributed by atoms with van der Waals surface area (Å²) in [5.41, 5.74) is 4.17. The number of hydrazine groups is 1. The SMILES string of the molecule is CC(NNC(=O)O)c1ccc(C(F)(F)F)cc1. The monoisotopic (exact) mass is 248 g/mol. The van der Waals surface area contributed by atoms with E-state index in [0.717, 1.165) is 12.1 Å². The van der Waals surface area contributed by atoms with Crippen LogP contribution >= 0.6 is 0 Å². The second kappa shape index (κ2) is 5.05. The zero-order chi connectivity index (χ0) is 13.1. The Balaban J connectivity index is 2.70. The van der Waals surface area contributed by atoms with E-state index in [9.17, 15) is 18.0 Å². The summed E-state index contributed by atoms with van der Waals surface area (Å²) in [6.45, 7) is 1.62. The number of hydrogen-bond acceptors (Lipinski definition) is 2. The van der Waals surface area contributed by atoms with Crippen molar-refractivity contribution in [3.63, 3.8) is 0 Å². The van der Waals surface area contributed by atoms with Crippen LogP contribution in [0.15, 0.2) is 24.3 Å². The van der Waals surface area contributed by atoms with Gasteiger partial charge in [0.05, 0.1) is 5.56 Å². The molecule has 0 saturated heterocycles. The maximum Gasteiger partial charge on any atom is 0.419 e. The van der Waals surface area contributed by atoms with E-state index in [4.69, 9.17) is 5.11 Å². The van der Waals surface area contributed by atoms with Crippen molar-refractivity contribution in [3.8, 4) is 0 Å². The number of nitrogens with one attached hydrogen (secondary N) is 2. The number of benzene rings is 1. The van der Waals surface area contributed by atoms with Crippen molar-refractivity contribution in [2.75, 3.05) is 0 Å². The van der Waals surface area contributed by atoms with Gasteiger partial charge in [0.25, 0.3) is 0 Å². The number of carboxylic acid groups (broad SMARTS) is 1. The molecule has 1 aromatic rings. The molecule has 17 heavy (non-hydrogen) atoms. The molecule has 94 valence electrons. The predicted octanol–water partition coefficient (Wildman–Crippen LogP) is 2.54. The normalized spacial score (nSPS) is 13.2. The van der Waals surface area contributed by atoms with Crippen molar-refractivity contribution in [2.45, 2.75) is 19.1 Å². The highest BCUT2D eigenvalue weighted by Gasteiger charge is 2.30. The second-order valence-corrected chi connectivity index (χ2v) is 3.42. The minimum absolute atomic E-state index is 0.423. The fraction of sp³-hybridized carbons (Fsp3) is 0.300. The van der Waals surface area contributed by atoms with E-state index in [2.05, 4.69) is 5.43 Å². The number of rotatable bonds is 3. The van der Waals surface area contributed by atoms with Crippen LogP contribution in [0.3, 0.4) is 0 Å². The van der Waals surface area contributed by atoms with E-state index in [1.54, 1.807) is 6.92 Å². The first-order chi connectivity index (χ1) is 7.80. The fourth-order valence-electron chi connectivity index (χ4n) is 1.21.